The number of hydrogen-bond donors (Lipinski definition) is 4. The number of rotatable bonds is 7. The van der Waals surface area contributed by atoms with Crippen LogP contribution >= 0.6 is 11.6 Å². The Morgan fingerprint density at radius 3 is 2.41 bits per heavy atom. The first-order valence-corrected chi connectivity index (χ1v) is 9.64. The van der Waals surface area contributed by atoms with Gasteiger partial charge in [0.25, 0.3) is 5.91 Å². The highest BCUT2D eigenvalue weighted by atomic mass is 35.5. The van der Waals surface area contributed by atoms with Crippen LogP contribution in [-0.2, 0) is 11.3 Å². The van der Waals surface area contributed by atoms with Gasteiger partial charge in [-0.25, -0.2) is 9.67 Å². The molecule has 0 bridgehead atoms. The highest BCUT2D eigenvalue weighted by Crippen LogP contribution is 2.24. The molecule has 0 spiro atoms. The lowest BCUT2D eigenvalue weighted by Crippen LogP contribution is -2.34. The lowest BCUT2D eigenvalue weighted by molar-refractivity contribution is -0.135. The quantitative estimate of drug-likeness (QED) is 0.406. The molecule has 1 amide bonds. The molecule has 6 N–H and O–H groups in total. The molecule has 0 saturated heterocycles. The molecule has 3 rings (SSSR count). The van der Waals surface area contributed by atoms with Crippen molar-refractivity contribution in [3.63, 3.8) is 0 Å². The van der Waals surface area contributed by atoms with Gasteiger partial charge in [-0.1, -0.05) is 16.8 Å². The molecule has 32 heavy (non-hydrogen) atoms. The summed E-state index contributed by atoms with van der Waals surface area (Å²) in [5, 5.41) is 26.3. The number of pyridine rings is 1. The Kier molecular flexibility index (Phi) is 8.10. The smallest absolute Gasteiger partial charge is 0.317 e. The van der Waals surface area contributed by atoms with E-state index in [1.54, 1.807) is 35.1 Å². The number of amides is 1. The maximum atomic E-state index is 11.1. The number of primary amides is 1. The van der Waals surface area contributed by atoms with Crippen molar-refractivity contribution in [2.45, 2.75) is 26.0 Å². The molecule has 0 unspecified atom stereocenters. The van der Waals surface area contributed by atoms with Gasteiger partial charge in [-0.15, -0.1) is 5.10 Å². The number of aliphatic carboxylic acids is 1. The van der Waals surface area contributed by atoms with E-state index < -0.39 is 17.5 Å². The number of nitrogens with zero attached hydrogens (tertiary/aromatic N) is 4. The number of nitrogens with two attached hydrogens (primary N) is 2. The Morgan fingerprint density at radius 1 is 1.25 bits per heavy atom. The first-order chi connectivity index (χ1) is 15.0. The summed E-state index contributed by atoms with van der Waals surface area (Å²) in [6.07, 6.45) is 3.11. The molecule has 170 valence electrons. The molecule has 1 aromatic carbocycles. The third kappa shape index (κ3) is 7.22. The van der Waals surface area contributed by atoms with Gasteiger partial charge in [0.15, 0.2) is 5.69 Å². The van der Waals surface area contributed by atoms with Crippen LogP contribution in [0.3, 0.4) is 0 Å². The number of carbonyl (C=O) groups is 2. The van der Waals surface area contributed by atoms with Crippen molar-refractivity contribution in [2.75, 3.05) is 6.54 Å². The summed E-state index contributed by atoms with van der Waals surface area (Å²) in [5.41, 5.74) is 9.96. The predicted octanol–water partition coefficient (Wildman–Crippen LogP) is 1.69. The molecule has 0 atom stereocenters. The standard InChI is InChI=1S/C18H18ClN5O3.C2H5NO2/c1-18(2,27-13-5-3-12(19)4-6-13)10-24-9-14(22-23-24)11-7-15(25)16(17(20)26)21-8-11;3-1-2(4)5/h3-9,25H,10H2,1-2H3,(H2,20,26);1,3H2,(H,4,5). The van der Waals surface area contributed by atoms with Gasteiger partial charge in [0, 0.05) is 16.8 Å². The minimum absolute atomic E-state index is 0.191. The van der Waals surface area contributed by atoms with E-state index >= 15 is 0 Å². The Hall–Kier alpha value is -3.70. The van der Waals surface area contributed by atoms with Crippen molar-refractivity contribution in [1.82, 2.24) is 20.0 Å². The first-order valence-electron chi connectivity index (χ1n) is 9.26. The molecule has 0 fully saturated rings. The van der Waals surface area contributed by atoms with Crippen LogP contribution in [0, 0.1) is 0 Å². The molecule has 2 heterocycles. The zero-order valence-corrected chi connectivity index (χ0v) is 18.2. The van der Waals surface area contributed by atoms with Gasteiger partial charge in [0.2, 0.25) is 0 Å². The number of ether oxygens (including phenoxy) is 1. The van der Waals surface area contributed by atoms with E-state index in [4.69, 9.17) is 27.2 Å². The number of benzene rings is 1. The van der Waals surface area contributed by atoms with Crippen LogP contribution in [0.4, 0.5) is 0 Å². The maximum Gasteiger partial charge on any atom is 0.317 e. The van der Waals surface area contributed by atoms with Crippen molar-refractivity contribution in [2.24, 2.45) is 11.5 Å². The van der Waals surface area contributed by atoms with Crippen molar-refractivity contribution in [3.05, 3.63) is 53.4 Å². The Bertz CT molecular complexity index is 1080. The summed E-state index contributed by atoms with van der Waals surface area (Å²) >= 11 is 5.89. The zero-order chi connectivity index (χ0) is 23.9. The van der Waals surface area contributed by atoms with E-state index in [1.807, 2.05) is 13.8 Å². The molecule has 0 aliphatic heterocycles. The number of carbonyl (C=O) groups excluding carboxylic acids is 1. The van der Waals surface area contributed by atoms with Crippen LogP contribution < -0.4 is 16.2 Å². The molecule has 0 radical (unpaired) electrons. The van der Waals surface area contributed by atoms with E-state index in [9.17, 15) is 14.7 Å². The predicted molar refractivity (Wildman–Crippen MR) is 116 cm³/mol. The summed E-state index contributed by atoms with van der Waals surface area (Å²) in [5.74, 6) is -1.38. The molecule has 0 aliphatic rings. The van der Waals surface area contributed by atoms with Gasteiger partial charge in [-0.05, 0) is 44.2 Å². The van der Waals surface area contributed by atoms with Gasteiger partial charge < -0.3 is 26.4 Å². The summed E-state index contributed by atoms with van der Waals surface area (Å²) < 4.78 is 7.62. The Labute approximate surface area is 188 Å². The lowest BCUT2D eigenvalue weighted by Gasteiger charge is -2.26. The van der Waals surface area contributed by atoms with Crippen molar-refractivity contribution in [1.29, 1.82) is 0 Å². The second-order valence-corrected chi connectivity index (χ2v) is 7.61. The number of carboxylic acid groups (broad SMARTS) is 1. The third-order valence-electron chi connectivity index (χ3n) is 3.86. The highest BCUT2D eigenvalue weighted by Gasteiger charge is 2.22. The second kappa shape index (κ2) is 10.6. The average Bonchev–Trinajstić information content (AvgIpc) is 3.17. The molecule has 3 aromatic rings. The fourth-order valence-electron chi connectivity index (χ4n) is 2.54. The summed E-state index contributed by atoms with van der Waals surface area (Å²) in [6.45, 7) is 4.01. The van der Waals surface area contributed by atoms with Crippen LogP contribution in [0.1, 0.15) is 24.3 Å². The van der Waals surface area contributed by atoms with Gasteiger partial charge in [-0.2, -0.15) is 0 Å². The molecular weight excluding hydrogens is 440 g/mol. The summed E-state index contributed by atoms with van der Waals surface area (Å²) in [6, 6.07) is 8.49. The Morgan fingerprint density at radius 2 is 1.88 bits per heavy atom. The molecular formula is C20H23ClN6O5. The van der Waals surface area contributed by atoms with Crippen LogP contribution in [0.25, 0.3) is 11.3 Å². The van der Waals surface area contributed by atoms with E-state index in [2.05, 4.69) is 21.0 Å². The fraction of sp³-hybridized carbons (Fsp3) is 0.250. The van der Waals surface area contributed by atoms with Crippen molar-refractivity contribution in [3.8, 4) is 22.8 Å². The van der Waals surface area contributed by atoms with Crippen LogP contribution in [0.5, 0.6) is 11.5 Å². The van der Waals surface area contributed by atoms with E-state index in [0.717, 1.165) is 0 Å². The second-order valence-electron chi connectivity index (χ2n) is 7.17. The number of carboxylic acids is 1. The van der Waals surface area contributed by atoms with Gasteiger partial charge in [0.05, 0.1) is 19.3 Å². The lowest BCUT2D eigenvalue weighted by atomic mass is 10.1. The minimum atomic E-state index is -0.968. The molecule has 11 nitrogen and oxygen atoms in total. The summed E-state index contributed by atoms with van der Waals surface area (Å²) in [7, 11) is 0. The van der Waals surface area contributed by atoms with E-state index in [-0.39, 0.29) is 18.0 Å². The number of aromatic nitrogens is 4. The SMILES string of the molecule is CC(C)(Cn1cc(-c2cnc(C(N)=O)c(O)c2)nn1)Oc1ccc(Cl)cc1.NCC(=O)O. The highest BCUT2D eigenvalue weighted by molar-refractivity contribution is 6.30. The van der Waals surface area contributed by atoms with Gasteiger partial charge in [0.1, 0.15) is 22.8 Å². The normalized spacial score (nSPS) is 10.8. The van der Waals surface area contributed by atoms with Crippen molar-refractivity contribution < 1.29 is 24.5 Å². The maximum absolute atomic E-state index is 11.1. The molecule has 12 heteroatoms. The number of hydrogen-bond acceptors (Lipinski definition) is 8. The first kappa shape index (κ1) is 24.6. The number of halogens is 1. The fourth-order valence-corrected chi connectivity index (χ4v) is 2.66. The van der Waals surface area contributed by atoms with E-state index in [1.165, 1.54) is 12.3 Å². The largest absolute Gasteiger partial charge is 0.505 e. The van der Waals surface area contributed by atoms with Crippen LogP contribution in [0.2, 0.25) is 5.02 Å². The zero-order valence-electron chi connectivity index (χ0n) is 17.4. The monoisotopic (exact) mass is 462 g/mol. The average molecular weight is 463 g/mol. The minimum Gasteiger partial charge on any atom is -0.505 e. The summed E-state index contributed by atoms with van der Waals surface area (Å²) in [4.78, 5) is 24.3. The number of aromatic hydroxyl groups is 1. The van der Waals surface area contributed by atoms with E-state index in [0.29, 0.717) is 28.6 Å². The van der Waals surface area contributed by atoms with Crippen molar-refractivity contribution >= 4 is 23.5 Å². The third-order valence-corrected chi connectivity index (χ3v) is 4.11. The molecule has 0 aliphatic carbocycles. The van der Waals surface area contributed by atoms with Crippen LogP contribution in [0.15, 0.2) is 42.7 Å². The van der Waals surface area contributed by atoms with Gasteiger partial charge in [-0.3, -0.25) is 9.59 Å². The van der Waals surface area contributed by atoms with Crippen LogP contribution in [-0.4, -0.2) is 54.2 Å². The Balaban J connectivity index is 0.000000654. The topological polar surface area (TPSA) is 179 Å². The van der Waals surface area contributed by atoms with Gasteiger partial charge >= 0.3 is 5.97 Å². The molecule has 0 saturated carbocycles. The molecule has 2 aromatic heterocycles.